The first-order chi connectivity index (χ1) is 8.57. The molecule has 0 atom stereocenters. The zero-order valence-electron chi connectivity index (χ0n) is 9.66. The smallest absolute Gasteiger partial charge is 0.411 e. The fourth-order valence-electron chi connectivity index (χ4n) is 1.44. The molecule has 3 amide bonds. The Labute approximate surface area is 105 Å². The molecule has 4 N–H and O–H groups in total. The van der Waals surface area contributed by atoms with Crippen LogP contribution in [0.15, 0.2) is 0 Å². The summed E-state index contributed by atoms with van der Waals surface area (Å²) in [6.45, 7) is -1.69. The zero-order valence-corrected chi connectivity index (χ0v) is 9.66. The first kappa shape index (κ1) is 15.1. The van der Waals surface area contributed by atoms with Gasteiger partial charge in [-0.2, -0.15) is 13.2 Å². The molecule has 1 aliphatic carbocycles. The average Bonchev–Trinajstić information content (AvgIpc) is 2.95. The van der Waals surface area contributed by atoms with Gasteiger partial charge in [0.25, 0.3) is 0 Å². The van der Waals surface area contributed by atoms with Crippen LogP contribution in [-0.2, 0) is 9.59 Å². The number of rotatable bonds is 5. The van der Waals surface area contributed by atoms with Crippen LogP contribution in [0, 0.1) is 0 Å². The van der Waals surface area contributed by atoms with E-state index in [2.05, 4.69) is 0 Å². The van der Waals surface area contributed by atoms with Crippen molar-refractivity contribution in [2.45, 2.75) is 24.6 Å². The molecule has 0 aromatic rings. The van der Waals surface area contributed by atoms with Gasteiger partial charge in [-0.25, -0.2) is 4.79 Å². The molecule has 0 unspecified atom stereocenters. The minimum Gasteiger partial charge on any atom is -0.480 e. The normalized spacial score (nSPS) is 16.6. The molecular weight excluding hydrogens is 271 g/mol. The van der Waals surface area contributed by atoms with Crippen LogP contribution in [0.25, 0.3) is 0 Å². The predicted octanol–water partition coefficient (Wildman–Crippen LogP) is -0.337. The van der Waals surface area contributed by atoms with Crippen LogP contribution in [-0.4, -0.2) is 52.7 Å². The Morgan fingerprint density at radius 2 is 1.79 bits per heavy atom. The van der Waals surface area contributed by atoms with E-state index in [0.29, 0.717) is 4.90 Å². The third-order valence-corrected chi connectivity index (χ3v) is 2.60. The van der Waals surface area contributed by atoms with Gasteiger partial charge in [0.05, 0.1) is 0 Å². The Morgan fingerprint density at radius 1 is 1.26 bits per heavy atom. The lowest BCUT2D eigenvalue weighted by Crippen LogP contribution is -2.54. The topological polar surface area (TPSA) is 113 Å². The van der Waals surface area contributed by atoms with Crippen molar-refractivity contribution in [3.05, 3.63) is 0 Å². The maximum atomic E-state index is 12.6. The van der Waals surface area contributed by atoms with Crippen LogP contribution >= 0.6 is 0 Å². The van der Waals surface area contributed by atoms with Crippen molar-refractivity contribution in [2.24, 2.45) is 5.73 Å². The average molecular weight is 283 g/mol. The highest BCUT2D eigenvalue weighted by Gasteiger charge is 2.64. The quantitative estimate of drug-likeness (QED) is 0.640. The third kappa shape index (κ3) is 3.73. The van der Waals surface area contributed by atoms with E-state index >= 15 is 0 Å². The number of nitrogens with zero attached hydrogens (tertiary/aromatic N) is 1. The predicted molar refractivity (Wildman–Crippen MR) is 55.0 cm³/mol. The number of carboxylic acids is 1. The Hall–Kier alpha value is -2.00. The second-order valence-corrected chi connectivity index (χ2v) is 4.23. The fourth-order valence-corrected chi connectivity index (χ4v) is 1.44. The third-order valence-electron chi connectivity index (χ3n) is 2.60. The first-order valence-corrected chi connectivity index (χ1v) is 5.21. The molecule has 10 heteroatoms. The molecule has 1 fully saturated rings. The standard InChI is InChI=1S/C9H12F3N3O4/c10-9(11,12)8(1-2-8)14-7(19)15(3-5(13)16)4-6(17)18/h1-4H2,(H2,13,16)(H,14,19)(H,17,18). The molecule has 7 nitrogen and oxygen atoms in total. The van der Waals surface area contributed by atoms with E-state index in [9.17, 15) is 27.6 Å². The number of hydrogen-bond donors (Lipinski definition) is 3. The Kier molecular flexibility index (Phi) is 3.91. The molecule has 0 bridgehead atoms. The number of carbonyl (C=O) groups excluding carboxylic acids is 2. The lowest BCUT2D eigenvalue weighted by atomic mass is 10.2. The summed E-state index contributed by atoms with van der Waals surface area (Å²) in [6.07, 6.45) is -5.18. The van der Waals surface area contributed by atoms with Gasteiger partial charge in [-0.05, 0) is 12.8 Å². The van der Waals surface area contributed by atoms with E-state index in [1.54, 1.807) is 5.32 Å². The molecule has 108 valence electrons. The minimum absolute atomic E-state index is 0.278. The van der Waals surface area contributed by atoms with Crippen LogP contribution in [0.2, 0.25) is 0 Å². The van der Waals surface area contributed by atoms with Crippen molar-refractivity contribution in [3.63, 3.8) is 0 Å². The van der Waals surface area contributed by atoms with E-state index in [-0.39, 0.29) is 12.8 Å². The molecule has 19 heavy (non-hydrogen) atoms. The number of hydrogen-bond acceptors (Lipinski definition) is 3. The van der Waals surface area contributed by atoms with Gasteiger partial charge in [0, 0.05) is 0 Å². The molecule has 0 aliphatic heterocycles. The number of aliphatic carboxylic acids is 1. The molecular formula is C9H12F3N3O4. The SMILES string of the molecule is NC(=O)CN(CC(=O)O)C(=O)NC1(C(F)(F)F)CC1. The van der Waals surface area contributed by atoms with Gasteiger partial charge < -0.3 is 21.1 Å². The molecule has 0 aromatic carbocycles. The first-order valence-electron chi connectivity index (χ1n) is 5.21. The molecule has 1 rings (SSSR count). The van der Waals surface area contributed by atoms with Crippen LogP contribution in [0.1, 0.15) is 12.8 Å². The second kappa shape index (κ2) is 4.94. The van der Waals surface area contributed by atoms with E-state index < -0.39 is 42.7 Å². The summed E-state index contributed by atoms with van der Waals surface area (Å²) in [6, 6.07) is -1.28. The number of alkyl halides is 3. The van der Waals surface area contributed by atoms with Crippen molar-refractivity contribution >= 4 is 17.9 Å². The fraction of sp³-hybridized carbons (Fsp3) is 0.667. The Balaban J connectivity index is 2.72. The van der Waals surface area contributed by atoms with Gasteiger partial charge in [-0.3, -0.25) is 9.59 Å². The van der Waals surface area contributed by atoms with Crippen molar-refractivity contribution in [2.75, 3.05) is 13.1 Å². The minimum atomic E-state index is -4.62. The van der Waals surface area contributed by atoms with Gasteiger partial charge in [0.15, 0.2) is 0 Å². The van der Waals surface area contributed by atoms with E-state index in [1.807, 2.05) is 0 Å². The molecule has 1 aliphatic rings. The Morgan fingerprint density at radius 3 is 2.11 bits per heavy atom. The summed E-state index contributed by atoms with van der Waals surface area (Å²) in [5, 5.41) is 10.2. The monoisotopic (exact) mass is 283 g/mol. The van der Waals surface area contributed by atoms with Crippen LogP contribution in [0.4, 0.5) is 18.0 Å². The highest BCUT2D eigenvalue weighted by Crippen LogP contribution is 2.48. The molecule has 0 aromatic heterocycles. The summed E-state index contributed by atoms with van der Waals surface area (Å²) in [5.41, 5.74) is 2.48. The molecule has 0 radical (unpaired) electrons. The molecule has 0 spiro atoms. The maximum Gasteiger partial charge on any atom is 0.411 e. The van der Waals surface area contributed by atoms with Gasteiger partial charge >= 0.3 is 18.2 Å². The summed E-state index contributed by atoms with van der Waals surface area (Å²) in [5.74, 6) is -2.48. The maximum absolute atomic E-state index is 12.6. The van der Waals surface area contributed by atoms with Gasteiger partial charge in [0.2, 0.25) is 5.91 Å². The van der Waals surface area contributed by atoms with Crippen LogP contribution in [0.5, 0.6) is 0 Å². The Bertz CT molecular complexity index is 390. The molecule has 0 saturated heterocycles. The van der Waals surface area contributed by atoms with E-state index in [1.165, 1.54) is 0 Å². The lowest BCUT2D eigenvalue weighted by Gasteiger charge is -2.25. The van der Waals surface area contributed by atoms with Crippen molar-refractivity contribution < 1.29 is 32.7 Å². The molecule has 0 heterocycles. The summed E-state index contributed by atoms with van der Waals surface area (Å²) < 4.78 is 37.8. The summed E-state index contributed by atoms with van der Waals surface area (Å²) in [4.78, 5) is 33.1. The summed E-state index contributed by atoms with van der Waals surface area (Å²) in [7, 11) is 0. The highest BCUT2D eigenvalue weighted by atomic mass is 19.4. The van der Waals surface area contributed by atoms with Crippen molar-refractivity contribution in [1.29, 1.82) is 0 Å². The highest BCUT2D eigenvalue weighted by molar-refractivity contribution is 5.86. The zero-order chi connectivity index (χ0) is 14.8. The molecule has 1 saturated carbocycles. The number of carboxylic acid groups (broad SMARTS) is 1. The van der Waals surface area contributed by atoms with Gasteiger partial charge in [-0.1, -0.05) is 0 Å². The summed E-state index contributed by atoms with van der Waals surface area (Å²) >= 11 is 0. The number of nitrogens with one attached hydrogen (secondary N) is 1. The van der Waals surface area contributed by atoms with Crippen molar-refractivity contribution in [1.82, 2.24) is 10.2 Å². The number of primary amides is 1. The van der Waals surface area contributed by atoms with Gasteiger partial charge in [-0.15, -0.1) is 0 Å². The van der Waals surface area contributed by atoms with Crippen LogP contribution < -0.4 is 11.1 Å². The number of carbonyl (C=O) groups is 3. The number of nitrogens with two attached hydrogens (primary N) is 1. The number of urea groups is 1. The van der Waals surface area contributed by atoms with Crippen LogP contribution in [0.3, 0.4) is 0 Å². The van der Waals surface area contributed by atoms with E-state index in [0.717, 1.165) is 0 Å². The lowest BCUT2D eigenvalue weighted by molar-refractivity contribution is -0.163. The largest absolute Gasteiger partial charge is 0.480 e. The number of halogens is 3. The van der Waals surface area contributed by atoms with Crippen molar-refractivity contribution in [3.8, 4) is 0 Å². The number of amides is 3. The van der Waals surface area contributed by atoms with E-state index in [4.69, 9.17) is 10.8 Å². The second-order valence-electron chi connectivity index (χ2n) is 4.23. The van der Waals surface area contributed by atoms with Gasteiger partial charge in [0.1, 0.15) is 18.6 Å².